The van der Waals surface area contributed by atoms with Gasteiger partial charge in [0.25, 0.3) is 0 Å². The summed E-state index contributed by atoms with van der Waals surface area (Å²) in [7, 11) is -1.95. The third-order valence-electron chi connectivity index (χ3n) is 8.98. The lowest BCUT2D eigenvalue weighted by molar-refractivity contribution is -0.00584. The molecule has 0 atom stereocenters. The molecule has 4 saturated carbocycles. The summed E-state index contributed by atoms with van der Waals surface area (Å²) in [4.78, 5) is 15.7. The van der Waals surface area contributed by atoms with Crippen LogP contribution in [0.25, 0.3) is 11.3 Å². The largest absolute Gasteiger partial charge is 0.543 e. The van der Waals surface area contributed by atoms with E-state index < -0.39 is 8.32 Å². The van der Waals surface area contributed by atoms with Crippen molar-refractivity contribution in [1.82, 2.24) is 4.98 Å². The van der Waals surface area contributed by atoms with E-state index in [4.69, 9.17) is 4.43 Å². The molecule has 0 amide bonds. The van der Waals surface area contributed by atoms with Crippen LogP contribution in [0.1, 0.15) is 75.2 Å². The molecule has 1 heterocycles. The second-order valence-corrected chi connectivity index (χ2v) is 17.1. The minimum Gasteiger partial charge on any atom is -0.543 e. The zero-order valence-corrected chi connectivity index (χ0v) is 21.3. The van der Waals surface area contributed by atoms with Crippen molar-refractivity contribution in [1.29, 1.82) is 0 Å². The van der Waals surface area contributed by atoms with Gasteiger partial charge in [0, 0.05) is 17.3 Å². The van der Waals surface area contributed by atoms with Crippen molar-refractivity contribution in [2.45, 2.75) is 82.8 Å². The van der Waals surface area contributed by atoms with Gasteiger partial charge in [-0.2, -0.15) is 0 Å². The van der Waals surface area contributed by atoms with Crippen LogP contribution in [0.4, 0.5) is 0 Å². The SMILES string of the molecule is CC(C)(C)[Si](C)(C)Oc1ccc(-c2ccc(C=O)cn2)cc1C12CC3CC(CC(C3)C1)C2. The summed E-state index contributed by atoms with van der Waals surface area (Å²) in [6, 6.07) is 10.6. The van der Waals surface area contributed by atoms with E-state index >= 15 is 0 Å². The highest BCUT2D eigenvalue weighted by Gasteiger charge is 2.53. The van der Waals surface area contributed by atoms with Gasteiger partial charge in [-0.25, -0.2) is 0 Å². The van der Waals surface area contributed by atoms with Crippen LogP contribution in [0, 0.1) is 17.8 Å². The maximum atomic E-state index is 11.1. The van der Waals surface area contributed by atoms with E-state index in [9.17, 15) is 4.79 Å². The number of aldehydes is 1. The third kappa shape index (κ3) is 3.75. The standard InChI is InChI=1S/C28H37NO2Si/c1-27(2,3)32(4,5)31-26-9-7-23(25-8-6-19(18-30)17-29-25)13-24(26)28-14-20-10-21(15-28)12-22(11-20)16-28/h6-9,13,17-18,20-22H,10-12,14-16H2,1-5H3. The smallest absolute Gasteiger partial charge is 0.250 e. The van der Waals surface area contributed by atoms with E-state index in [1.807, 2.05) is 12.1 Å². The molecule has 32 heavy (non-hydrogen) atoms. The molecule has 4 fully saturated rings. The van der Waals surface area contributed by atoms with Crippen molar-refractivity contribution in [3.63, 3.8) is 0 Å². The topological polar surface area (TPSA) is 39.2 Å². The van der Waals surface area contributed by atoms with Crippen LogP contribution in [0.5, 0.6) is 5.75 Å². The second-order valence-electron chi connectivity index (χ2n) is 12.4. The normalized spacial score (nSPS) is 29.2. The molecular weight excluding hydrogens is 410 g/mol. The number of benzene rings is 1. The fraction of sp³-hybridized carbons (Fsp3) is 0.571. The van der Waals surface area contributed by atoms with Crippen molar-refractivity contribution in [3.8, 4) is 17.0 Å². The van der Waals surface area contributed by atoms with Crippen LogP contribution in [0.3, 0.4) is 0 Å². The van der Waals surface area contributed by atoms with E-state index in [0.29, 0.717) is 5.56 Å². The van der Waals surface area contributed by atoms with Crippen LogP contribution in [0.2, 0.25) is 18.1 Å². The van der Waals surface area contributed by atoms with E-state index in [1.165, 1.54) is 44.1 Å². The first-order chi connectivity index (χ1) is 15.1. The first-order valence-electron chi connectivity index (χ1n) is 12.3. The van der Waals surface area contributed by atoms with Crippen molar-refractivity contribution in [2.75, 3.05) is 0 Å². The first kappa shape index (κ1) is 21.9. The van der Waals surface area contributed by atoms with Gasteiger partial charge in [-0.15, -0.1) is 0 Å². The Bertz CT molecular complexity index is 983. The molecule has 0 unspecified atom stereocenters. The van der Waals surface area contributed by atoms with E-state index in [-0.39, 0.29) is 10.5 Å². The Hall–Kier alpha value is -1.94. The summed E-state index contributed by atoms with van der Waals surface area (Å²) in [6.45, 7) is 11.7. The maximum absolute atomic E-state index is 11.1. The number of hydrogen-bond donors (Lipinski definition) is 0. The molecule has 0 spiro atoms. The van der Waals surface area contributed by atoms with Gasteiger partial charge in [0.15, 0.2) is 6.29 Å². The van der Waals surface area contributed by atoms with Gasteiger partial charge >= 0.3 is 0 Å². The summed E-state index contributed by atoms with van der Waals surface area (Å²) in [6.07, 6.45) is 10.8. The molecule has 1 aromatic carbocycles. The summed E-state index contributed by atoms with van der Waals surface area (Å²) >= 11 is 0. The minimum atomic E-state index is -1.95. The van der Waals surface area contributed by atoms with Crippen LogP contribution in [-0.4, -0.2) is 19.6 Å². The molecule has 4 aliphatic rings. The summed E-state index contributed by atoms with van der Waals surface area (Å²) in [5.41, 5.74) is 4.37. The molecular formula is C28H37NO2Si. The van der Waals surface area contributed by atoms with Crippen molar-refractivity contribution in [3.05, 3.63) is 47.7 Å². The fourth-order valence-electron chi connectivity index (χ4n) is 6.71. The number of carbonyl (C=O) groups excluding carboxylic acids is 1. The van der Waals surface area contributed by atoms with E-state index in [0.717, 1.165) is 41.0 Å². The number of carbonyl (C=O) groups is 1. The van der Waals surface area contributed by atoms with Crippen LogP contribution in [0.15, 0.2) is 36.5 Å². The Morgan fingerprint density at radius 2 is 1.62 bits per heavy atom. The second kappa shape index (κ2) is 7.55. The van der Waals surface area contributed by atoms with Crippen LogP contribution < -0.4 is 4.43 Å². The monoisotopic (exact) mass is 447 g/mol. The third-order valence-corrected chi connectivity index (χ3v) is 13.3. The van der Waals surface area contributed by atoms with Gasteiger partial charge < -0.3 is 4.43 Å². The molecule has 0 aliphatic heterocycles. The van der Waals surface area contributed by atoms with Gasteiger partial charge in [0.2, 0.25) is 8.32 Å². The molecule has 2 aromatic rings. The quantitative estimate of drug-likeness (QED) is 0.354. The summed E-state index contributed by atoms with van der Waals surface area (Å²) < 4.78 is 6.99. The summed E-state index contributed by atoms with van der Waals surface area (Å²) in [5.74, 6) is 3.77. The number of nitrogens with zero attached hydrogens (tertiary/aromatic N) is 1. The molecule has 0 saturated heterocycles. The molecule has 0 N–H and O–H groups in total. The van der Waals surface area contributed by atoms with Gasteiger partial charge in [-0.1, -0.05) is 20.8 Å². The molecule has 170 valence electrons. The molecule has 4 aliphatic carbocycles. The van der Waals surface area contributed by atoms with Gasteiger partial charge in [-0.05, 0) is 116 Å². The Kier molecular flexibility index (Phi) is 5.16. The molecule has 6 rings (SSSR count). The first-order valence-corrected chi connectivity index (χ1v) is 15.2. The van der Waals surface area contributed by atoms with Crippen molar-refractivity contribution >= 4 is 14.6 Å². The molecule has 1 aromatic heterocycles. The lowest BCUT2D eigenvalue weighted by atomic mass is 9.48. The zero-order valence-electron chi connectivity index (χ0n) is 20.3. The summed E-state index contributed by atoms with van der Waals surface area (Å²) in [5, 5.41) is 0.163. The van der Waals surface area contributed by atoms with E-state index in [1.54, 1.807) is 6.20 Å². The Morgan fingerprint density at radius 3 is 2.12 bits per heavy atom. The lowest BCUT2D eigenvalue weighted by Crippen LogP contribution is -2.49. The zero-order chi connectivity index (χ0) is 22.7. The average Bonchev–Trinajstić information content (AvgIpc) is 2.72. The van der Waals surface area contributed by atoms with Crippen LogP contribution >= 0.6 is 0 Å². The average molecular weight is 448 g/mol. The minimum absolute atomic E-state index is 0.163. The maximum Gasteiger partial charge on any atom is 0.250 e. The van der Waals surface area contributed by atoms with Crippen molar-refractivity contribution < 1.29 is 9.22 Å². The predicted octanol–water partition coefficient (Wildman–Crippen LogP) is 7.41. The molecule has 4 bridgehead atoms. The van der Waals surface area contributed by atoms with E-state index in [2.05, 4.69) is 57.0 Å². The number of hydrogen-bond acceptors (Lipinski definition) is 3. The number of rotatable bonds is 5. The molecule has 3 nitrogen and oxygen atoms in total. The van der Waals surface area contributed by atoms with Crippen LogP contribution in [-0.2, 0) is 5.41 Å². The van der Waals surface area contributed by atoms with Gasteiger partial charge in [0.1, 0.15) is 5.75 Å². The Labute approximate surface area is 194 Å². The van der Waals surface area contributed by atoms with Gasteiger partial charge in [0.05, 0.1) is 5.69 Å². The number of aromatic nitrogens is 1. The number of pyridine rings is 1. The Morgan fingerprint density at radius 1 is 1.00 bits per heavy atom. The Balaban J connectivity index is 1.60. The van der Waals surface area contributed by atoms with Gasteiger partial charge in [-0.3, -0.25) is 9.78 Å². The molecule has 0 radical (unpaired) electrons. The highest BCUT2D eigenvalue weighted by molar-refractivity contribution is 6.74. The molecule has 4 heteroatoms. The predicted molar refractivity (Wildman–Crippen MR) is 133 cm³/mol. The fourth-order valence-corrected chi connectivity index (χ4v) is 7.74. The van der Waals surface area contributed by atoms with Crippen molar-refractivity contribution in [2.24, 2.45) is 17.8 Å². The lowest BCUT2D eigenvalue weighted by Gasteiger charge is -2.57. The highest BCUT2D eigenvalue weighted by atomic mass is 28.4. The highest BCUT2D eigenvalue weighted by Crippen LogP contribution is 2.62.